The van der Waals surface area contributed by atoms with Gasteiger partial charge in [-0.1, -0.05) is 0 Å². The Balaban J connectivity index is 1.76. The van der Waals surface area contributed by atoms with Gasteiger partial charge >= 0.3 is 6.03 Å². The van der Waals surface area contributed by atoms with Gasteiger partial charge in [0.15, 0.2) is 5.82 Å². The van der Waals surface area contributed by atoms with E-state index in [1.165, 1.54) is 12.3 Å². The summed E-state index contributed by atoms with van der Waals surface area (Å²) in [5, 5.41) is 5.57. The number of hydrogen-bond donors (Lipinski definition) is 1. The number of halogens is 1. The van der Waals surface area contributed by atoms with Gasteiger partial charge in [0.2, 0.25) is 0 Å². The molecule has 1 N–H and O–H groups in total. The Bertz CT molecular complexity index is 660. The molecule has 1 atom stereocenters. The number of carbonyl (C=O) groups is 1. The molecule has 0 spiro atoms. The van der Waals surface area contributed by atoms with Gasteiger partial charge in [0, 0.05) is 18.1 Å². The molecular weight excluding hydrogens is 291 g/mol. The quantitative estimate of drug-likeness (QED) is 0.925. The molecule has 1 fully saturated rings. The molecule has 0 aromatic carbocycles. The molecule has 0 radical (unpaired) electrons. The van der Waals surface area contributed by atoms with E-state index < -0.39 is 5.82 Å². The second-order valence-corrected chi connectivity index (χ2v) is 5.99. The van der Waals surface area contributed by atoms with Gasteiger partial charge in [0.1, 0.15) is 0 Å². The molecule has 0 saturated carbocycles. The molecule has 1 aliphatic heterocycles. The fraction of sp³-hybridized carbons (Fsp3) is 0.357. The number of nitrogens with one attached hydrogen (secondary N) is 1. The minimum atomic E-state index is -0.536. The normalized spacial score (nSPS) is 18.0. The van der Waals surface area contributed by atoms with Crippen LogP contribution >= 0.6 is 11.3 Å². The summed E-state index contributed by atoms with van der Waals surface area (Å²) in [5.41, 5.74) is 1.07. The van der Waals surface area contributed by atoms with Crippen molar-refractivity contribution in [3.8, 4) is 0 Å². The molecule has 3 rings (SSSR count). The Kier molecular flexibility index (Phi) is 3.83. The van der Waals surface area contributed by atoms with E-state index in [0.29, 0.717) is 6.54 Å². The predicted octanol–water partition coefficient (Wildman–Crippen LogP) is 3.35. The number of pyridine rings is 1. The number of urea groups is 1. The maximum absolute atomic E-state index is 13.6. The third-order valence-electron chi connectivity index (χ3n) is 3.51. The number of amides is 2. The Hall–Kier alpha value is -2.02. The number of hydrogen-bond acceptors (Lipinski definition) is 4. The summed E-state index contributed by atoms with van der Waals surface area (Å²) in [6.45, 7) is 2.60. The van der Waals surface area contributed by atoms with E-state index in [9.17, 15) is 9.18 Å². The zero-order valence-electron chi connectivity index (χ0n) is 11.5. The smallest absolute Gasteiger partial charge is 0.316 e. The van der Waals surface area contributed by atoms with E-state index in [2.05, 4.69) is 15.3 Å². The van der Waals surface area contributed by atoms with Gasteiger partial charge < -0.3 is 10.2 Å². The van der Waals surface area contributed by atoms with Gasteiger partial charge in [-0.15, -0.1) is 11.3 Å². The highest BCUT2D eigenvalue weighted by molar-refractivity contribution is 7.09. The second kappa shape index (κ2) is 5.77. The molecule has 7 heteroatoms. The van der Waals surface area contributed by atoms with Gasteiger partial charge in [-0.3, -0.25) is 4.98 Å². The summed E-state index contributed by atoms with van der Waals surface area (Å²) in [5.74, 6) is -0.536. The van der Waals surface area contributed by atoms with Crippen LogP contribution in [-0.2, 0) is 0 Å². The number of anilines is 1. The number of nitrogens with zero attached hydrogens (tertiary/aromatic N) is 3. The molecule has 21 heavy (non-hydrogen) atoms. The first kappa shape index (κ1) is 13.9. The maximum Gasteiger partial charge on any atom is 0.322 e. The van der Waals surface area contributed by atoms with Crippen LogP contribution in [0.25, 0.3) is 0 Å². The van der Waals surface area contributed by atoms with Gasteiger partial charge in [-0.25, -0.2) is 14.2 Å². The summed E-state index contributed by atoms with van der Waals surface area (Å²) in [7, 11) is 0. The summed E-state index contributed by atoms with van der Waals surface area (Å²) >= 11 is 1.57. The van der Waals surface area contributed by atoms with Gasteiger partial charge in [0.25, 0.3) is 0 Å². The van der Waals surface area contributed by atoms with Crippen LogP contribution in [0.1, 0.15) is 29.6 Å². The lowest BCUT2D eigenvalue weighted by Gasteiger charge is -2.23. The van der Waals surface area contributed by atoms with Crippen LogP contribution in [-0.4, -0.2) is 27.4 Å². The van der Waals surface area contributed by atoms with Crippen LogP contribution in [0.15, 0.2) is 23.8 Å². The number of rotatable bonds is 2. The topological polar surface area (TPSA) is 58.1 Å². The lowest BCUT2D eigenvalue weighted by molar-refractivity contribution is 0.206. The van der Waals surface area contributed by atoms with Gasteiger partial charge in [0.05, 0.1) is 28.6 Å². The van der Waals surface area contributed by atoms with Crippen LogP contribution in [0, 0.1) is 12.7 Å². The summed E-state index contributed by atoms with van der Waals surface area (Å²) in [6.07, 6.45) is 4.34. The van der Waals surface area contributed by atoms with E-state index in [1.807, 2.05) is 12.3 Å². The SMILES string of the molecule is Cc1nc([C@H]2CCCN2C(=O)Nc2ccncc2F)cs1. The van der Waals surface area contributed by atoms with E-state index in [0.717, 1.165) is 29.7 Å². The Morgan fingerprint density at radius 1 is 1.57 bits per heavy atom. The molecule has 2 aromatic heterocycles. The molecule has 0 unspecified atom stereocenters. The Morgan fingerprint density at radius 3 is 3.14 bits per heavy atom. The Morgan fingerprint density at radius 2 is 2.43 bits per heavy atom. The molecule has 5 nitrogen and oxygen atoms in total. The number of thiazole rings is 1. The van der Waals surface area contributed by atoms with E-state index >= 15 is 0 Å². The third kappa shape index (κ3) is 2.87. The van der Waals surface area contributed by atoms with Crippen LogP contribution < -0.4 is 5.32 Å². The van der Waals surface area contributed by atoms with Crippen molar-refractivity contribution in [3.63, 3.8) is 0 Å². The van der Waals surface area contributed by atoms with Crippen LogP contribution in [0.3, 0.4) is 0 Å². The minimum absolute atomic E-state index is 0.0279. The first-order valence-electron chi connectivity index (χ1n) is 6.74. The fourth-order valence-corrected chi connectivity index (χ4v) is 3.17. The van der Waals surface area contributed by atoms with Crippen molar-refractivity contribution in [2.75, 3.05) is 11.9 Å². The van der Waals surface area contributed by atoms with Crippen LogP contribution in [0.2, 0.25) is 0 Å². The molecule has 3 heterocycles. The maximum atomic E-state index is 13.6. The molecule has 0 aliphatic carbocycles. The lowest BCUT2D eigenvalue weighted by Crippen LogP contribution is -2.34. The molecule has 110 valence electrons. The number of likely N-dealkylation sites (tertiary alicyclic amines) is 1. The number of carbonyl (C=O) groups excluding carboxylic acids is 1. The zero-order chi connectivity index (χ0) is 14.8. The molecule has 2 amide bonds. The minimum Gasteiger partial charge on any atom is -0.316 e. The average Bonchev–Trinajstić information content (AvgIpc) is 3.09. The number of aromatic nitrogens is 2. The highest BCUT2D eigenvalue weighted by Crippen LogP contribution is 2.32. The third-order valence-corrected chi connectivity index (χ3v) is 4.30. The van der Waals surface area contributed by atoms with E-state index in [-0.39, 0.29) is 17.8 Å². The van der Waals surface area contributed by atoms with Crippen LogP contribution in [0.4, 0.5) is 14.9 Å². The van der Waals surface area contributed by atoms with Crippen molar-refractivity contribution >= 4 is 23.1 Å². The lowest BCUT2D eigenvalue weighted by atomic mass is 10.2. The number of aryl methyl sites for hydroxylation is 1. The summed E-state index contributed by atoms with van der Waals surface area (Å²) < 4.78 is 13.6. The largest absolute Gasteiger partial charge is 0.322 e. The zero-order valence-corrected chi connectivity index (χ0v) is 12.4. The van der Waals surface area contributed by atoms with E-state index in [1.54, 1.807) is 16.2 Å². The first-order valence-corrected chi connectivity index (χ1v) is 7.62. The monoisotopic (exact) mass is 306 g/mol. The highest BCUT2D eigenvalue weighted by Gasteiger charge is 2.31. The second-order valence-electron chi connectivity index (χ2n) is 4.93. The van der Waals surface area contributed by atoms with Crippen molar-refractivity contribution in [3.05, 3.63) is 40.4 Å². The summed E-state index contributed by atoms with van der Waals surface area (Å²) in [6, 6.07) is 1.12. The van der Waals surface area contributed by atoms with Gasteiger partial charge in [-0.05, 0) is 25.8 Å². The van der Waals surface area contributed by atoms with Crippen molar-refractivity contribution < 1.29 is 9.18 Å². The highest BCUT2D eigenvalue weighted by atomic mass is 32.1. The fourth-order valence-electron chi connectivity index (χ4n) is 2.51. The molecule has 1 aliphatic rings. The van der Waals surface area contributed by atoms with Crippen molar-refractivity contribution in [2.45, 2.75) is 25.8 Å². The van der Waals surface area contributed by atoms with Gasteiger partial charge in [-0.2, -0.15) is 0 Å². The molecular formula is C14H15FN4OS. The standard InChI is InChI=1S/C14H15FN4OS/c1-9-17-12(8-21-9)13-3-2-6-19(13)14(20)18-11-4-5-16-7-10(11)15/h4-5,7-8,13H,2-3,6H2,1H3,(H,16,18,20)/t13-/m1/s1. The summed E-state index contributed by atoms with van der Waals surface area (Å²) in [4.78, 5) is 22.2. The molecule has 2 aromatic rings. The van der Waals surface area contributed by atoms with E-state index in [4.69, 9.17) is 0 Å². The molecule has 0 bridgehead atoms. The average molecular weight is 306 g/mol. The van der Waals surface area contributed by atoms with Crippen molar-refractivity contribution in [2.24, 2.45) is 0 Å². The first-order chi connectivity index (χ1) is 10.1. The van der Waals surface area contributed by atoms with Crippen LogP contribution in [0.5, 0.6) is 0 Å². The van der Waals surface area contributed by atoms with Crippen molar-refractivity contribution in [1.82, 2.24) is 14.9 Å². The predicted molar refractivity (Wildman–Crippen MR) is 78.7 cm³/mol. The Labute approximate surface area is 125 Å². The van der Waals surface area contributed by atoms with Crippen molar-refractivity contribution in [1.29, 1.82) is 0 Å². The molecule has 1 saturated heterocycles.